The minimum Gasteiger partial charge on any atom is -0.342 e. The zero-order chi connectivity index (χ0) is 23.3. The molecular formula is C22H23FN4O5. The number of unbranched alkanes of at least 4 members (excludes halogenated alkanes) is 1. The van der Waals surface area contributed by atoms with Crippen molar-refractivity contribution in [2.24, 2.45) is 5.92 Å². The number of non-ortho nitro benzene ring substituents is 1. The maximum atomic E-state index is 13.9. The van der Waals surface area contributed by atoms with Crippen LogP contribution in [0.3, 0.4) is 0 Å². The minimum absolute atomic E-state index is 0.0287. The van der Waals surface area contributed by atoms with Gasteiger partial charge in [0.2, 0.25) is 11.8 Å². The van der Waals surface area contributed by atoms with Crippen LogP contribution in [0.2, 0.25) is 0 Å². The molecule has 1 atom stereocenters. The van der Waals surface area contributed by atoms with Crippen molar-refractivity contribution in [3.63, 3.8) is 0 Å². The summed E-state index contributed by atoms with van der Waals surface area (Å²) in [7, 11) is 0. The molecule has 2 aromatic carbocycles. The van der Waals surface area contributed by atoms with Crippen molar-refractivity contribution in [1.82, 2.24) is 4.90 Å². The monoisotopic (exact) mass is 442 g/mol. The zero-order valence-electron chi connectivity index (χ0n) is 17.5. The van der Waals surface area contributed by atoms with Crippen LogP contribution in [-0.2, 0) is 9.59 Å². The number of hydrogen-bond acceptors (Lipinski definition) is 5. The van der Waals surface area contributed by atoms with Gasteiger partial charge in [-0.2, -0.15) is 0 Å². The molecule has 0 saturated carbocycles. The van der Waals surface area contributed by atoms with Gasteiger partial charge in [0, 0.05) is 42.9 Å². The van der Waals surface area contributed by atoms with Gasteiger partial charge in [0.25, 0.3) is 11.6 Å². The molecule has 168 valence electrons. The van der Waals surface area contributed by atoms with Gasteiger partial charge >= 0.3 is 0 Å². The Bertz CT molecular complexity index is 1040. The largest absolute Gasteiger partial charge is 0.342 e. The van der Waals surface area contributed by atoms with Crippen LogP contribution in [0, 0.1) is 21.8 Å². The average Bonchev–Trinajstić information content (AvgIpc) is 3.14. The molecule has 0 aliphatic carbocycles. The number of nitro groups is 1. The third-order valence-corrected chi connectivity index (χ3v) is 5.19. The van der Waals surface area contributed by atoms with Gasteiger partial charge in [-0.1, -0.05) is 13.3 Å². The van der Waals surface area contributed by atoms with E-state index in [0.717, 1.165) is 31.0 Å². The molecule has 0 aromatic heterocycles. The molecule has 0 bridgehead atoms. The number of carbonyl (C=O) groups is 3. The highest BCUT2D eigenvalue weighted by Gasteiger charge is 2.33. The second-order valence-electron chi connectivity index (χ2n) is 7.54. The standard InChI is InChI=1S/C22H23FN4O5/c1-2-3-10-26-13-15(11-20(26)28)22(30)24-16-6-4-14(5-7-16)21(29)25-19-12-17(27(31)32)8-9-18(19)23/h4-9,12,15H,2-3,10-11,13H2,1H3,(H,24,30)(H,25,29)/t15-/m0/s1. The van der Waals surface area contributed by atoms with Crippen LogP contribution in [-0.4, -0.2) is 40.6 Å². The van der Waals surface area contributed by atoms with E-state index in [1.807, 2.05) is 6.92 Å². The van der Waals surface area contributed by atoms with Gasteiger partial charge in [0.1, 0.15) is 5.82 Å². The molecule has 1 aliphatic rings. The highest BCUT2D eigenvalue weighted by atomic mass is 19.1. The SMILES string of the molecule is CCCCN1C[C@@H](C(=O)Nc2ccc(C(=O)Nc3cc([N+](=O)[O-])ccc3F)cc2)CC1=O. The van der Waals surface area contributed by atoms with Gasteiger partial charge < -0.3 is 15.5 Å². The molecule has 1 aliphatic heterocycles. The number of carbonyl (C=O) groups excluding carboxylic acids is 3. The van der Waals surface area contributed by atoms with Crippen LogP contribution in [0.25, 0.3) is 0 Å². The Hall–Kier alpha value is -3.82. The Morgan fingerprint density at radius 2 is 1.91 bits per heavy atom. The van der Waals surface area contributed by atoms with Crippen LogP contribution in [0.4, 0.5) is 21.5 Å². The molecule has 9 nitrogen and oxygen atoms in total. The number of nitrogens with zero attached hydrogens (tertiary/aromatic N) is 2. The quantitative estimate of drug-likeness (QED) is 0.478. The number of nitro benzene ring substituents is 1. The van der Waals surface area contributed by atoms with Crippen LogP contribution in [0.1, 0.15) is 36.5 Å². The smallest absolute Gasteiger partial charge is 0.271 e. The van der Waals surface area contributed by atoms with Gasteiger partial charge in [-0.15, -0.1) is 0 Å². The number of anilines is 2. The lowest BCUT2D eigenvalue weighted by Crippen LogP contribution is -2.29. The molecule has 3 rings (SSSR count). The van der Waals surface area contributed by atoms with Gasteiger partial charge in [0.15, 0.2) is 0 Å². The summed E-state index contributed by atoms with van der Waals surface area (Å²) >= 11 is 0. The predicted molar refractivity (Wildman–Crippen MR) is 116 cm³/mol. The Labute approximate surface area is 183 Å². The van der Waals surface area contributed by atoms with Crippen molar-refractivity contribution in [3.05, 3.63) is 64.0 Å². The first-order valence-corrected chi connectivity index (χ1v) is 10.2. The molecule has 3 amide bonds. The molecule has 0 spiro atoms. The van der Waals surface area contributed by atoms with Crippen molar-refractivity contribution in [1.29, 1.82) is 0 Å². The Kier molecular flexibility index (Phi) is 7.14. The number of benzene rings is 2. The summed E-state index contributed by atoms with van der Waals surface area (Å²) in [4.78, 5) is 48.8. The first kappa shape index (κ1) is 22.9. The molecule has 2 N–H and O–H groups in total. The summed E-state index contributed by atoms with van der Waals surface area (Å²) < 4.78 is 13.9. The fourth-order valence-electron chi connectivity index (χ4n) is 3.38. The van der Waals surface area contributed by atoms with Gasteiger partial charge in [-0.3, -0.25) is 24.5 Å². The van der Waals surface area contributed by atoms with E-state index in [-0.39, 0.29) is 35.2 Å². The van der Waals surface area contributed by atoms with E-state index in [1.165, 1.54) is 24.3 Å². The van der Waals surface area contributed by atoms with Gasteiger partial charge in [-0.25, -0.2) is 4.39 Å². The number of amides is 3. The maximum absolute atomic E-state index is 13.9. The summed E-state index contributed by atoms with van der Waals surface area (Å²) in [5.41, 5.74) is -0.0262. The summed E-state index contributed by atoms with van der Waals surface area (Å²) in [6, 6.07) is 8.76. The van der Waals surface area contributed by atoms with E-state index >= 15 is 0 Å². The van der Waals surface area contributed by atoms with E-state index in [0.29, 0.717) is 18.8 Å². The molecule has 1 saturated heterocycles. The third-order valence-electron chi connectivity index (χ3n) is 5.19. The predicted octanol–water partition coefficient (Wildman–Crippen LogP) is 3.57. The molecule has 1 fully saturated rings. The molecule has 2 aromatic rings. The molecular weight excluding hydrogens is 419 g/mol. The van der Waals surface area contributed by atoms with Crippen molar-refractivity contribution in [2.75, 3.05) is 23.7 Å². The Morgan fingerprint density at radius 1 is 1.19 bits per heavy atom. The lowest BCUT2D eigenvalue weighted by atomic mass is 10.1. The van der Waals surface area contributed by atoms with E-state index in [9.17, 15) is 28.9 Å². The van der Waals surface area contributed by atoms with Crippen LogP contribution >= 0.6 is 0 Å². The third kappa shape index (κ3) is 5.45. The van der Waals surface area contributed by atoms with Crippen LogP contribution in [0.15, 0.2) is 42.5 Å². The van der Waals surface area contributed by atoms with Gasteiger partial charge in [-0.05, 0) is 36.8 Å². The Morgan fingerprint density at radius 3 is 2.56 bits per heavy atom. The lowest BCUT2D eigenvalue weighted by molar-refractivity contribution is -0.384. The van der Waals surface area contributed by atoms with Gasteiger partial charge in [0.05, 0.1) is 16.5 Å². The Balaban J connectivity index is 1.60. The van der Waals surface area contributed by atoms with Crippen LogP contribution < -0.4 is 10.6 Å². The summed E-state index contributed by atoms with van der Waals surface area (Å²) in [6.45, 7) is 3.07. The lowest BCUT2D eigenvalue weighted by Gasteiger charge is -2.16. The van der Waals surface area contributed by atoms with Crippen molar-refractivity contribution >= 4 is 34.8 Å². The van der Waals surface area contributed by atoms with Crippen LogP contribution in [0.5, 0.6) is 0 Å². The number of halogens is 1. The molecule has 1 heterocycles. The van der Waals surface area contributed by atoms with E-state index in [4.69, 9.17) is 0 Å². The normalized spacial score (nSPS) is 15.5. The molecule has 0 radical (unpaired) electrons. The van der Waals surface area contributed by atoms with E-state index in [2.05, 4.69) is 10.6 Å². The minimum atomic E-state index is -0.799. The average molecular weight is 442 g/mol. The second kappa shape index (κ2) is 9.99. The first-order chi connectivity index (χ1) is 15.3. The summed E-state index contributed by atoms with van der Waals surface area (Å²) in [5.74, 6) is -2.19. The number of nitrogens with one attached hydrogen (secondary N) is 2. The van der Waals surface area contributed by atoms with Crippen molar-refractivity contribution in [2.45, 2.75) is 26.2 Å². The second-order valence-corrected chi connectivity index (χ2v) is 7.54. The maximum Gasteiger partial charge on any atom is 0.271 e. The van der Waals surface area contributed by atoms with Crippen molar-refractivity contribution < 1.29 is 23.7 Å². The fraction of sp³-hybridized carbons (Fsp3) is 0.318. The first-order valence-electron chi connectivity index (χ1n) is 10.2. The topological polar surface area (TPSA) is 122 Å². The summed E-state index contributed by atoms with van der Waals surface area (Å²) in [5, 5.41) is 15.9. The number of hydrogen-bond donors (Lipinski definition) is 2. The number of rotatable bonds is 8. The van der Waals surface area contributed by atoms with E-state index in [1.54, 1.807) is 4.90 Å². The molecule has 10 heteroatoms. The van der Waals surface area contributed by atoms with E-state index < -0.39 is 22.6 Å². The zero-order valence-corrected chi connectivity index (χ0v) is 17.5. The summed E-state index contributed by atoms with van der Waals surface area (Å²) in [6.07, 6.45) is 2.03. The highest BCUT2D eigenvalue weighted by Crippen LogP contribution is 2.23. The van der Waals surface area contributed by atoms with Crippen molar-refractivity contribution in [3.8, 4) is 0 Å². The fourth-order valence-corrected chi connectivity index (χ4v) is 3.38. The molecule has 0 unspecified atom stereocenters. The number of likely N-dealkylation sites (tertiary alicyclic amines) is 1. The molecule has 32 heavy (non-hydrogen) atoms. The highest BCUT2D eigenvalue weighted by molar-refractivity contribution is 6.05.